The van der Waals surface area contributed by atoms with Crippen LogP contribution >= 0.6 is 23.4 Å². The number of thioether (sulfide) groups is 1. The number of halogens is 1. The number of hydrogen-bond acceptors (Lipinski definition) is 5. The maximum Gasteiger partial charge on any atom is 0.244 e. The first-order chi connectivity index (χ1) is 10.1. The molecule has 22 heavy (non-hydrogen) atoms. The number of sulfonamides is 1. The van der Waals surface area contributed by atoms with E-state index in [-0.39, 0.29) is 9.92 Å². The van der Waals surface area contributed by atoms with Gasteiger partial charge in [0.15, 0.2) is 10.9 Å². The highest BCUT2D eigenvalue weighted by Gasteiger charge is 2.43. The average molecular weight is 364 g/mol. The topological polar surface area (TPSA) is 73.2 Å². The van der Waals surface area contributed by atoms with Crippen molar-refractivity contribution < 1.29 is 13.5 Å². The van der Waals surface area contributed by atoms with Crippen LogP contribution in [0, 0.1) is 0 Å². The van der Waals surface area contributed by atoms with E-state index in [9.17, 15) is 13.5 Å². The number of amidine groups is 1. The van der Waals surface area contributed by atoms with Crippen LogP contribution in [0.2, 0.25) is 5.02 Å². The van der Waals surface area contributed by atoms with E-state index in [0.29, 0.717) is 16.5 Å². The van der Waals surface area contributed by atoms with Crippen LogP contribution in [-0.4, -0.2) is 61.8 Å². The minimum absolute atomic E-state index is 0.0228. The average Bonchev–Trinajstić information content (AvgIpc) is 2.75. The van der Waals surface area contributed by atoms with Gasteiger partial charge >= 0.3 is 0 Å². The highest BCUT2D eigenvalue weighted by molar-refractivity contribution is 8.14. The maximum absolute atomic E-state index is 12.3. The molecular weight excluding hydrogens is 346 g/mol. The van der Waals surface area contributed by atoms with E-state index in [1.54, 1.807) is 25.1 Å². The fraction of sp³-hybridized carbons (Fsp3) is 0.462. The third-order valence-electron chi connectivity index (χ3n) is 3.59. The summed E-state index contributed by atoms with van der Waals surface area (Å²) in [6.45, 7) is 0. The first-order valence-electron chi connectivity index (χ1n) is 6.43. The van der Waals surface area contributed by atoms with Crippen molar-refractivity contribution in [3.63, 3.8) is 0 Å². The van der Waals surface area contributed by atoms with Gasteiger partial charge in [0, 0.05) is 33.8 Å². The number of aliphatic hydroxyl groups is 1. The highest BCUT2D eigenvalue weighted by Crippen LogP contribution is 2.39. The molecule has 0 amide bonds. The standard InChI is InChI=1S/C13H18ClN3O3S2/c1-15-12-17(4)13(18,8-21-12)9-5-6-10(14)11(7-9)22(19,20)16(2)3/h5-7,18H,8H2,1-4H3. The first kappa shape index (κ1) is 17.6. The van der Waals surface area contributed by atoms with Gasteiger partial charge in [-0.25, -0.2) is 12.7 Å². The largest absolute Gasteiger partial charge is 0.366 e. The van der Waals surface area contributed by atoms with Gasteiger partial charge in [0.2, 0.25) is 10.0 Å². The Hall–Kier alpha value is -0.800. The minimum atomic E-state index is -3.69. The fourth-order valence-electron chi connectivity index (χ4n) is 2.16. The SMILES string of the molecule is CN=C1SCC(O)(c2ccc(Cl)c(S(=O)(=O)N(C)C)c2)N1C. The molecule has 0 aromatic heterocycles. The number of benzene rings is 1. The van der Waals surface area contributed by atoms with Gasteiger partial charge in [-0.2, -0.15) is 0 Å². The van der Waals surface area contributed by atoms with E-state index in [1.165, 1.54) is 38.0 Å². The van der Waals surface area contributed by atoms with Gasteiger partial charge in [0.1, 0.15) is 4.90 Å². The van der Waals surface area contributed by atoms with Crippen molar-refractivity contribution >= 4 is 38.6 Å². The molecule has 1 unspecified atom stereocenters. The lowest BCUT2D eigenvalue weighted by molar-refractivity contribution is -0.0349. The van der Waals surface area contributed by atoms with E-state index in [0.717, 1.165) is 4.31 Å². The van der Waals surface area contributed by atoms with Crippen molar-refractivity contribution in [2.24, 2.45) is 4.99 Å². The molecule has 122 valence electrons. The smallest absolute Gasteiger partial charge is 0.244 e. The Morgan fingerprint density at radius 3 is 2.59 bits per heavy atom. The molecule has 1 aliphatic heterocycles. The van der Waals surface area contributed by atoms with Crippen LogP contribution in [0.5, 0.6) is 0 Å². The van der Waals surface area contributed by atoms with Crippen LogP contribution < -0.4 is 0 Å². The van der Waals surface area contributed by atoms with Crippen molar-refractivity contribution in [2.45, 2.75) is 10.6 Å². The second kappa shape index (κ2) is 6.01. The summed E-state index contributed by atoms with van der Waals surface area (Å²) in [5.41, 5.74) is -0.855. The van der Waals surface area contributed by atoms with Crippen molar-refractivity contribution in [3.8, 4) is 0 Å². The number of hydrogen-bond donors (Lipinski definition) is 1. The molecule has 1 saturated heterocycles. The molecule has 1 aromatic carbocycles. The van der Waals surface area contributed by atoms with E-state index in [2.05, 4.69) is 4.99 Å². The first-order valence-corrected chi connectivity index (χ1v) is 9.23. The predicted octanol–water partition coefficient (Wildman–Crippen LogP) is 1.40. The molecule has 1 N–H and O–H groups in total. The summed E-state index contributed by atoms with van der Waals surface area (Å²) in [4.78, 5) is 5.71. The fourth-order valence-corrected chi connectivity index (χ4v) is 4.71. The minimum Gasteiger partial charge on any atom is -0.366 e. The molecule has 1 aromatic rings. The molecule has 1 heterocycles. The Labute approximate surface area is 139 Å². The quantitative estimate of drug-likeness (QED) is 0.878. The monoisotopic (exact) mass is 363 g/mol. The maximum atomic E-state index is 12.3. The lowest BCUT2D eigenvalue weighted by Gasteiger charge is -2.31. The van der Waals surface area contributed by atoms with Crippen LogP contribution in [0.15, 0.2) is 28.1 Å². The normalized spacial score (nSPS) is 24.5. The molecule has 1 aliphatic rings. The molecular formula is C13H18ClN3O3S2. The Balaban J connectivity index is 2.56. The van der Waals surface area contributed by atoms with E-state index in [1.807, 2.05) is 0 Å². The molecule has 1 fully saturated rings. The zero-order valence-electron chi connectivity index (χ0n) is 12.7. The molecule has 0 radical (unpaired) electrons. The summed E-state index contributed by atoms with van der Waals surface area (Å²) >= 11 is 7.45. The Morgan fingerprint density at radius 1 is 1.45 bits per heavy atom. The molecule has 0 aliphatic carbocycles. The van der Waals surface area contributed by atoms with E-state index >= 15 is 0 Å². The molecule has 0 saturated carbocycles. The van der Waals surface area contributed by atoms with Crippen LogP contribution in [0.1, 0.15) is 5.56 Å². The van der Waals surface area contributed by atoms with Gasteiger partial charge in [-0.15, -0.1) is 0 Å². The van der Waals surface area contributed by atoms with Gasteiger partial charge in [-0.3, -0.25) is 4.99 Å². The molecule has 1 atom stereocenters. The highest BCUT2D eigenvalue weighted by atomic mass is 35.5. The van der Waals surface area contributed by atoms with Gasteiger partial charge in [0.25, 0.3) is 0 Å². The van der Waals surface area contributed by atoms with E-state index < -0.39 is 15.7 Å². The van der Waals surface area contributed by atoms with Crippen molar-refractivity contribution in [1.82, 2.24) is 9.21 Å². The lowest BCUT2D eigenvalue weighted by Crippen LogP contribution is -2.42. The van der Waals surface area contributed by atoms with Crippen LogP contribution in [0.3, 0.4) is 0 Å². The third kappa shape index (κ3) is 2.74. The predicted molar refractivity (Wildman–Crippen MR) is 89.8 cm³/mol. The summed E-state index contributed by atoms with van der Waals surface area (Å²) in [5, 5.41) is 11.7. The van der Waals surface area contributed by atoms with Crippen LogP contribution in [-0.2, 0) is 15.7 Å². The second-order valence-electron chi connectivity index (χ2n) is 5.10. The van der Waals surface area contributed by atoms with Gasteiger partial charge in [-0.05, 0) is 12.1 Å². The van der Waals surface area contributed by atoms with Gasteiger partial charge in [0.05, 0.1) is 10.8 Å². The summed E-state index contributed by atoms with van der Waals surface area (Å²) in [6, 6.07) is 4.55. The summed E-state index contributed by atoms with van der Waals surface area (Å²) < 4.78 is 25.8. The van der Waals surface area contributed by atoms with Crippen LogP contribution in [0.4, 0.5) is 0 Å². The zero-order chi connectivity index (χ0) is 16.7. The third-order valence-corrected chi connectivity index (χ3v) is 7.15. The zero-order valence-corrected chi connectivity index (χ0v) is 15.1. The van der Waals surface area contributed by atoms with Crippen molar-refractivity contribution in [1.29, 1.82) is 0 Å². The van der Waals surface area contributed by atoms with Crippen molar-refractivity contribution in [3.05, 3.63) is 28.8 Å². The summed E-state index contributed by atoms with van der Waals surface area (Å²) in [7, 11) is 2.55. The molecule has 2 rings (SSSR count). The summed E-state index contributed by atoms with van der Waals surface area (Å²) in [6.07, 6.45) is 0. The number of nitrogens with zero attached hydrogens (tertiary/aromatic N) is 3. The van der Waals surface area contributed by atoms with Crippen molar-refractivity contribution in [2.75, 3.05) is 33.9 Å². The Kier molecular flexibility index (Phi) is 4.79. The lowest BCUT2D eigenvalue weighted by atomic mass is 10.0. The number of rotatable bonds is 3. The molecule has 0 spiro atoms. The Morgan fingerprint density at radius 2 is 2.09 bits per heavy atom. The van der Waals surface area contributed by atoms with E-state index in [4.69, 9.17) is 11.6 Å². The molecule has 0 bridgehead atoms. The van der Waals surface area contributed by atoms with Gasteiger partial charge < -0.3 is 10.0 Å². The van der Waals surface area contributed by atoms with Gasteiger partial charge in [-0.1, -0.05) is 29.4 Å². The molecule has 9 heteroatoms. The second-order valence-corrected chi connectivity index (χ2v) is 8.57. The van der Waals surface area contributed by atoms with Crippen LogP contribution in [0.25, 0.3) is 0 Å². The molecule has 6 nitrogen and oxygen atoms in total. The number of aliphatic imine (C=N–C) groups is 1. The summed E-state index contributed by atoms with van der Waals surface area (Å²) in [5.74, 6) is 0.360. The Bertz CT molecular complexity index is 721.